The monoisotopic (exact) mass is 344 g/mol. The molecule has 4 nitrogen and oxygen atoms in total. The van der Waals surface area contributed by atoms with Crippen molar-refractivity contribution in [1.82, 2.24) is 4.90 Å². The van der Waals surface area contributed by atoms with Crippen molar-refractivity contribution in [3.63, 3.8) is 0 Å². The number of anilines is 1. The zero-order chi connectivity index (χ0) is 17.2. The number of hydrogen-bond acceptors (Lipinski definition) is 4. The van der Waals surface area contributed by atoms with Crippen LogP contribution in [0.4, 0.5) is 10.5 Å². The average molecular weight is 344 g/mol. The van der Waals surface area contributed by atoms with Crippen molar-refractivity contribution in [3.8, 4) is 11.1 Å². The Balaban J connectivity index is 1.58. The molecule has 2 heterocycles. The van der Waals surface area contributed by atoms with Gasteiger partial charge in [-0.3, -0.25) is 0 Å². The molecule has 1 aliphatic rings. The summed E-state index contributed by atoms with van der Waals surface area (Å²) in [6.45, 7) is 8.75. The number of amides is 1. The summed E-state index contributed by atoms with van der Waals surface area (Å²) < 4.78 is 5.44. The van der Waals surface area contributed by atoms with Crippen molar-refractivity contribution in [1.29, 1.82) is 0 Å². The zero-order valence-corrected chi connectivity index (χ0v) is 15.3. The first-order valence-electron chi connectivity index (χ1n) is 8.28. The van der Waals surface area contributed by atoms with Crippen molar-refractivity contribution >= 4 is 23.1 Å². The molecule has 3 rings (SSSR count). The van der Waals surface area contributed by atoms with Gasteiger partial charge in [-0.2, -0.15) is 11.3 Å². The Morgan fingerprint density at radius 3 is 2.21 bits per heavy atom. The van der Waals surface area contributed by atoms with E-state index in [1.807, 2.05) is 20.8 Å². The van der Waals surface area contributed by atoms with E-state index < -0.39 is 5.60 Å². The van der Waals surface area contributed by atoms with Gasteiger partial charge in [0.25, 0.3) is 0 Å². The van der Waals surface area contributed by atoms with Crippen LogP contribution in [0.1, 0.15) is 20.8 Å². The minimum absolute atomic E-state index is 0.213. The lowest BCUT2D eigenvalue weighted by atomic mass is 10.1. The van der Waals surface area contributed by atoms with Crippen molar-refractivity contribution in [2.45, 2.75) is 26.4 Å². The van der Waals surface area contributed by atoms with E-state index in [1.54, 1.807) is 16.2 Å². The SMILES string of the molecule is CC(C)(C)OC(=O)N1CCN(c2ccc(-c3ccsc3)cc2)CC1. The standard InChI is InChI=1S/C19H24N2O2S/c1-19(2,3)23-18(22)21-11-9-20(10-12-21)17-6-4-15(5-7-17)16-8-13-24-14-16/h4-8,13-14H,9-12H2,1-3H3. The Kier molecular flexibility index (Phi) is 4.81. The first kappa shape index (κ1) is 16.8. The molecule has 128 valence electrons. The Hall–Kier alpha value is -2.01. The molecule has 1 amide bonds. The first-order chi connectivity index (χ1) is 11.4. The molecule has 0 aliphatic carbocycles. The number of rotatable bonds is 2. The Bertz CT molecular complexity index is 666. The maximum Gasteiger partial charge on any atom is 0.410 e. The molecule has 0 unspecified atom stereocenters. The largest absolute Gasteiger partial charge is 0.444 e. The van der Waals surface area contributed by atoms with Crippen LogP contribution in [0.5, 0.6) is 0 Å². The van der Waals surface area contributed by atoms with Crippen molar-refractivity contribution in [3.05, 3.63) is 41.1 Å². The Morgan fingerprint density at radius 1 is 1.00 bits per heavy atom. The molecule has 1 aromatic heterocycles. The summed E-state index contributed by atoms with van der Waals surface area (Å²) in [5, 5.41) is 4.26. The van der Waals surface area contributed by atoms with Gasteiger partial charge < -0.3 is 14.5 Å². The second-order valence-corrected chi connectivity index (χ2v) is 7.79. The molecule has 0 bridgehead atoms. The van der Waals surface area contributed by atoms with Crippen LogP contribution < -0.4 is 4.90 Å². The van der Waals surface area contributed by atoms with E-state index in [9.17, 15) is 4.79 Å². The van der Waals surface area contributed by atoms with E-state index >= 15 is 0 Å². The quantitative estimate of drug-likeness (QED) is 0.806. The molecule has 1 fully saturated rings. The van der Waals surface area contributed by atoms with E-state index in [0.29, 0.717) is 13.1 Å². The molecule has 2 aromatic rings. The van der Waals surface area contributed by atoms with Crippen LogP contribution in [-0.4, -0.2) is 42.8 Å². The number of piperazine rings is 1. The van der Waals surface area contributed by atoms with Gasteiger partial charge in [0.05, 0.1) is 0 Å². The van der Waals surface area contributed by atoms with Gasteiger partial charge in [-0.15, -0.1) is 0 Å². The van der Waals surface area contributed by atoms with Gasteiger partial charge in [-0.1, -0.05) is 12.1 Å². The van der Waals surface area contributed by atoms with Gasteiger partial charge in [0.2, 0.25) is 0 Å². The van der Waals surface area contributed by atoms with Gasteiger partial charge in [-0.05, 0) is 60.9 Å². The van der Waals surface area contributed by atoms with E-state index in [1.165, 1.54) is 16.8 Å². The molecular weight excluding hydrogens is 320 g/mol. The van der Waals surface area contributed by atoms with E-state index in [-0.39, 0.29) is 6.09 Å². The highest BCUT2D eigenvalue weighted by Gasteiger charge is 2.25. The van der Waals surface area contributed by atoms with Crippen LogP contribution in [0.2, 0.25) is 0 Å². The van der Waals surface area contributed by atoms with Crippen LogP contribution in [-0.2, 0) is 4.74 Å². The summed E-state index contributed by atoms with van der Waals surface area (Å²) in [7, 11) is 0. The Labute approximate surface area is 147 Å². The fourth-order valence-electron chi connectivity index (χ4n) is 2.77. The number of carbonyl (C=O) groups is 1. The highest BCUT2D eigenvalue weighted by molar-refractivity contribution is 7.08. The molecule has 1 saturated heterocycles. The smallest absolute Gasteiger partial charge is 0.410 e. The zero-order valence-electron chi connectivity index (χ0n) is 14.5. The molecule has 5 heteroatoms. The molecule has 0 N–H and O–H groups in total. The summed E-state index contributed by atoms with van der Waals surface area (Å²) in [6.07, 6.45) is -0.213. The van der Waals surface area contributed by atoms with Crippen molar-refractivity contribution in [2.24, 2.45) is 0 Å². The predicted octanol–water partition coefficient (Wildman–Crippen LogP) is 4.47. The summed E-state index contributed by atoms with van der Waals surface area (Å²) in [5.41, 5.74) is 3.28. The molecular formula is C19H24N2O2S. The topological polar surface area (TPSA) is 32.8 Å². The number of hydrogen-bond donors (Lipinski definition) is 0. The minimum Gasteiger partial charge on any atom is -0.444 e. The third-order valence-electron chi connectivity index (χ3n) is 4.02. The highest BCUT2D eigenvalue weighted by Crippen LogP contribution is 2.25. The maximum atomic E-state index is 12.1. The van der Waals surface area contributed by atoms with Crippen LogP contribution in [0.15, 0.2) is 41.1 Å². The number of nitrogens with zero attached hydrogens (tertiary/aromatic N) is 2. The average Bonchev–Trinajstić information content (AvgIpc) is 3.08. The van der Waals surface area contributed by atoms with Gasteiger partial charge in [0.1, 0.15) is 5.60 Å². The fourth-order valence-corrected chi connectivity index (χ4v) is 3.43. The summed E-state index contributed by atoms with van der Waals surface area (Å²) in [5.74, 6) is 0. The first-order valence-corrected chi connectivity index (χ1v) is 9.22. The normalized spacial score (nSPS) is 15.5. The molecule has 0 radical (unpaired) electrons. The molecule has 24 heavy (non-hydrogen) atoms. The summed E-state index contributed by atoms with van der Waals surface area (Å²) >= 11 is 1.71. The highest BCUT2D eigenvalue weighted by atomic mass is 32.1. The second-order valence-electron chi connectivity index (χ2n) is 7.01. The predicted molar refractivity (Wildman–Crippen MR) is 99.8 cm³/mol. The molecule has 0 spiro atoms. The molecule has 1 aromatic carbocycles. The number of benzene rings is 1. The lowest BCUT2D eigenvalue weighted by molar-refractivity contribution is 0.0240. The van der Waals surface area contributed by atoms with Crippen LogP contribution in [0.25, 0.3) is 11.1 Å². The van der Waals surface area contributed by atoms with E-state index in [4.69, 9.17) is 4.74 Å². The fraction of sp³-hybridized carbons (Fsp3) is 0.421. The number of ether oxygens (including phenoxy) is 1. The molecule has 0 atom stereocenters. The van der Waals surface area contributed by atoms with Crippen LogP contribution in [0, 0.1) is 0 Å². The summed E-state index contributed by atoms with van der Waals surface area (Å²) in [4.78, 5) is 16.2. The van der Waals surface area contributed by atoms with Crippen LogP contribution >= 0.6 is 11.3 Å². The van der Waals surface area contributed by atoms with Gasteiger partial charge in [-0.25, -0.2) is 4.79 Å². The summed E-state index contributed by atoms with van der Waals surface area (Å²) in [6, 6.07) is 10.8. The lowest BCUT2D eigenvalue weighted by Crippen LogP contribution is -2.50. The second kappa shape index (κ2) is 6.85. The minimum atomic E-state index is -0.439. The van der Waals surface area contributed by atoms with Gasteiger partial charge >= 0.3 is 6.09 Å². The number of thiophene rings is 1. The van der Waals surface area contributed by atoms with Crippen LogP contribution in [0.3, 0.4) is 0 Å². The van der Waals surface area contributed by atoms with E-state index in [2.05, 4.69) is 46.0 Å². The molecule has 1 aliphatic heterocycles. The Morgan fingerprint density at radius 2 is 1.67 bits per heavy atom. The van der Waals surface area contributed by atoms with Gasteiger partial charge in [0, 0.05) is 31.9 Å². The third kappa shape index (κ3) is 4.09. The number of carbonyl (C=O) groups excluding carboxylic acids is 1. The third-order valence-corrected chi connectivity index (χ3v) is 4.70. The molecule has 0 saturated carbocycles. The van der Waals surface area contributed by atoms with E-state index in [0.717, 1.165) is 13.1 Å². The lowest BCUT2D eigenvalue weighted by Gasteiger charge is -2.36. The maximum absolute atomic E-state index is 12.1. The van der Waals surface area contributed by atoms with Gasteiger partial charge in [0.15, 0.2) is 0 Å². The van der Waals surface area contributed by atoms with Crippen molar-refractivity contribution < 1.29 is 9.53 Å². The van der Waals surface area contributed by atoms with Crippen molar-refractivity contribution in [2.75, 3.05) is 31.1 Å².